The van der Waals surface area contributed by atoms with Crippen LogP contribution < -0.4 is 44.6 Å². The third kappa shape index (κ3) is 12.9. The molecule has 1 rings (SSSR count). The van der Waals surface area contributed by atoms with Crippen LogP contribution in [0.5, 0.6) is 0 Å². The number of nitrogens with one attached hydrogen (secondary N) is 3. The Morgan fingerprint density at radius 2 is 1.28 bits per heavy atom. The molecule has 39 heavy (non-hydrogen) atoms. The van der Waals surface area contributed by atoms with Gasteiger partial charge in [0.2, 0.25) is 29.5 Å². The number of aliphatic carboxylic acids is 1. The number of nitrogens with two attached hydrogens (primary N) is 5. The van der Waals surface area contributed by atoms with E-state index in [0.29, 0.717) is 12.0 Å². The minimum Gasteiger partial charge on any atom is -0.480 e. The first-order valence-corrected chi connectivity index (χ1v) is 11.9. The zero-order valence-electron chi connectivity index (χ0n) is 21.2. The van der Waals surface area contributed by atoms with Crippen molar-refractivity contribution in [3.8, 4) is 0 Å². The molecule has 0 aromatic heterocycles. The SMILES string of the molecule is NC(=O)CC(NC(=O)C(CC(N)=O)NC(=O)C(Cc1ccccc1)NC(=O)C(N)CCCN=C(N)N)C(=O)O. The van der Waals surface area contributed by atoms with E-state index in [-0.39, 0.29) is 25.3 Å². The number of rotatable bonds is 17. The van der Waals surface area contributed by atoms with Gasteiger partial charge in [0, 0.05) is 13.0 Å². The Balaban J connectivity index is 3.07. The number of carboxylic acid groups (broad SMARTS) is 1. The number of carboxylic acids is 1. The molecule has 214 valence electrons. The zero-order valence-corrected chi connectivity index (χ0v) is 21.2. The van der Waals surface area contributed by atoms with Crippen molar-refractivity contribution in [2.45, 2.75) is 56.3 Å². The predicted molar refractivity (Wildman–Crippen MR) is 139 cm³/mol. The molecule has 4 atom stereocenters. The summed E-state index contributed by atoms with van der Waals surface area (Å²) in [4.78, 5) is 76.6. The van der Waals surface area contributed by atoms with Gasteiger partial charge in [-0.05, 0) is 18.4 Å². The molecule has 0 saturated heterocycles. The van der Waals surface area contributed by atoms with Crippen molar-refractivity contribution < 1.29 is 33.9 Å². The third-order valence-electron chi connectivity index (χ3n) is 5.28. The molecular weight excluding hydrogens is 514 g/mol. The number of benzene rings is 1. The maximum atomic E-state index is 13.2. The second-order valence-corrected chi connectivity index (χ2v) is 8.61. The van der Waals surface area contributed by atoms with Gasteiger partial charge in [0.1, 0.15) is 18.1 Å². The van der Waals surface area contributed by atoms with E-state index in [1.165, 1.54) is 0 Å². The van der Waals surface area contributed by atoms with Crippen molar-refractivity contribution in [3.63, 3.8) is 0 Å². The maximum absolute atomic E-state index is 13.2. The molecule has 4 unspecified atom stereocenters. The van der Waals surface area contributed by atoms with Crippen LogP contribution in [0.3, 0.4) is 0 Å². The minimum absolute atomic E-state index is 0.0104. The van der Waals surface area contributed by atoms with Crippen LogP contribution in [0.2, 0.25) is 0 Å². The van der Waals surface area contributed by atoms with Crippen LogP contribution in [0.15, 0.2) is 35.3 Å². The molecule has 0 aliphatic carbocycles. The quantitative estimate of drug-likeness (QED) is 0.0513. The zero-order chi connectivity index (χ0) is 29.5. The lowest BCUT2D eigenvalue weighted by Crippen LogP contribution is -2.58. The lowest BCUT2D eigenvalue weighted by Gasteiger charge is -2.24. The number of nitrogens with zero attached hydrogens (tertiary/aromatic N) is 1. The first kappa shape index (κ1) is 32.3. The van der Waals surface area contributed by atoms with Gasteiger partial charge in [0.25, 0.3) is 0 Å². The topological polar surface area (TPSA) is 301 Å². The molecule has 0 bridgehead atoms. The molecule has 14 N–H and O–H groups in total. The van der Waals surface area contributed by atoms with E-state index in [9.17, 15) is 33.9 Å². The molecule has 0 heterocycles. The fourth-order valence-corrected chi connectivity index (χ4v) is 3.34. The lowest BCUT2D eigenvalue weighted by atomic mass is 10.0. The van der Waals surface area contributed by atoms with Gasteiger partial charge in [-0.2, -0.15) is 0 Å². The highest BCUT2D eigenvalue weighted by Crippen LogP contribution is 2.06. The van der Waals surface area contributed by atoms with Crippen molar-refractivity contribution in [2.24, 2.45) is 33.7 Å². The smallest absolute Gasteiger partial charge is 0.326 e. The number of guanidine groups is 1. The molecule has 16 heteroatoms. The molecular formula is C23H35N9O7. The molecule has 16 nitrogen and oxygen atoms in total. The summed E-state index contributed by atoms with van der Waals surface area (Å²) >= 11 is 0. The second kappa shape index (κ2) is 16.2. The van der Waals surface area contributed by atoms with Crippen LogP contribution >= 0.6 is 0 Å². The average molecular weight is 550 g/mol. The van der Waals surface area contributed by atoms with E-state index in [1.54, 1.807) is 30.3 Å². The number of hydrogen-bond donors (Lipinski definition) is 9. The Bertz CT molecular complexity index is 1060. The molecule has 1 aromatic carbocycles. The molecule has 1 aromatic rings. The lowest BCUT2D eigenvalue weighted by molar-refractivity contribution is -0.144. The summed E-state index contributed by atoms with van der Waals surface area (Å²) in [6.07, 6.45) is -0.850. The standard InChI is InChI=1S/C23H35N9O7/c24-13(7-4-8-29-23(27)28)19(35)30-14(9-12-5-2-1-3-6-12)20(36)31-15(10-17(25)33)21(37)32-16(22(38)39)11-18(26)34/h1-3,5-6,13-16H,4,7-11,24H2,(H2,25,33)(H2,26,34)(H,30,35)(H,31,36)(H,32,37)(H,38,39)(H4,27,28,29). The summed E-state index contributed by atoms with van der Waals surface area (Å²) in [5.74, 6) is -6.29. The molecule has 5 amide bonds. The highest BCUT2D eigenvalue weighted by atomic mass is 16.4. The normalized spacial score (nSPS) is 13.6. The van der Waals surface area contributed by atoms with Gasteiger partial charge in [-0.3, -0.25) is 29.0 Å². The van der Waals surface area contributed by atoms with Gasteiger partial charge < -0.3 is 49.7 Å². The molecule has 0 saturated carbocycles. The van der Waals surface area contributed by atoms with Gasteiger partial charge in [-0.25, -0.2) is 4.79 Å². The number of primary amides is 2. The minimum atomic E-state index is -1.71. The molecule has 0 radical (unpaired) electrons. The van der Waals surface area contributed by atoms with Gasteiger partial charge in [0.05, 0.1) is 18.9 Å². The highest BCUT2D eigenvalue weighted by molar-refractivity contribution is 5.96. The Labute approximate surface area is 224 Å². The number of carbonyl (C=O) groups excluding carboxylic acids is 5. The summed E-state index contributed by atoms with van der Waals surface area (Å²) in [5, 5.41) is 16.1. The van der Waals surface area contributed by atoms with Crippen LogP contribution in [0, 0.1) is 0 Å². The van der Waals surface area contributed by atoms with Crippen LogP contribution in [-0.4, -0.2) is 77.3 Å². The Morgan fingerprint density at radius 1 is 0.769 bits per heavy atom. The van der Waals surface area contributed by atoms with E-state index in [0.717, 1.165) is 0 Å². The summed E-state index contributed by atoms with van der Waals surface area (Å²) in [6, 6.07) is 3.01. The van der Waals surface area contributed by atoms with E-state index >= 15 is 0 Å². The maximum Gasteiger partial charge on any atom is 0.326 e. The highest BCUT2D eigenvalue weighted by Gasteiger charge is 2.31. The number of carbonyl (C=O) groups is 6. The van der Waals surface area contributed by atoms with Crippen molar-refractivity contribution in [1.29, 1.82) is 0 Å². The van der Waals surface area contributed by atoms with Gasteiger partial charge in [-0.15, -0.1) is 0 Å². The largest absolute Gasteiger partial charge is 0.480 e. The number of amides is 5. The van der Waals surface area contributed by atoms with Crippen LogP contribution in [0.1, 0.15) is 31.2 Å². The number of hydrogen-bond acceptors (Lipinski definition) is 8. The van der Waals surface area contributed by atoms with Crippen molar-refractivity contribution >= 4 is 41.5 Å². The second-order valence-electron chi connectivity index (χ2n) is 8.61. The van der Waals surface area contributed by atoms with Gasteiger partial charge >= 0.3 is 5.97 Å². The van der Waals surface area contributed by atoms with Gasteiger partial charge in [-0.1, -0.05) is 30.3 Å². The Hall–Kier alpha value is -4.73. The monoisotopic (exact) mass is 549 g/mol. The summed E-state index contributed by atoms with van der Waals surface area (Å²) in [5.41, 5.74) is 27.3. The first-order valence-electron chi connectivity index (χ1n) is 11.9. The first-order chi connectivity index (χ1) is 18.3. The van der Waals surface area contributed by atoms with Crippen molar-refractivity contribution in [2.75, 3.05) is 6.54 Å². The van der Waals surface area contributed by atoms with E-state index < -0.39 is 72.5 Å². The predicted octanol–water partition coefficient (Wildman–Crippen LogP) is -4.10. The van der Waals surface area contributed by atoms with E-state index in [4.69, 9.17) is 28.7 Å². The summed E-state index contributed by atoms with van der Waals surface area (Å²) < 4.78 is 0. The fourth-order valence-electron chi connectivity index (χ4n) is 3.34. The van der Waals surface area contributed by atoms with Crippen molar-refractivity contribution in [3.05, 3.63) is 35.9 Å². The molecule has 0 aliphatic rings. The third-order valence-corrected chi connectivity index (χ3v) is 5.28. The Morgan fingerprint density at radius 3 is 1.82 bits per heavy atom. The van der Waals surface area contributed by atoms with Crippen LogP contribution in [0.4, 0.5) is 0 Å². The van der Waals surface area contributed by atoms with Crippen LogP contribution in [-0.2, 0) is 35.2 Å². The Kier molecular flexibility index (Phi) is 13.4. The van der Waals surface area contributed by atoms with Gasteiger partial charge in [0.15, 0.2) is 5.96 Å². The van der Waals surface area contributed by atoms with E-state index in [1.807, 2.05) is 5.32 Å². The number of aliphatic imine (C=N–C) groups is 1. The van der Waals surface area contributed by atoms with Crippen LogP contribution in [0.25, 0.3) is 0 Å². The fraction of sp³-hybridized carbons (Fsp3) is 0.435. The summed E-state index contributed by atoms with van der Waals surface area (Å²) in [6.45, 7) is 0.244. The molecule has 0 spiro atoms. The summed E-state index contributed by atoms with van der Waals surface area (Å²) in [7, 11) is 0. The molecule has 0 fully saturated rings. The van der Waals surface area contributed by atoms with E-state index in [2.05, 4.69) is 15.6 Å². The van der Waals surface area contributed by atoms with Crippen molar-refractivity contribution in [1.82, 2.24) is 16.0 Å². The average Bonchev–Trinajstić information content (AvgIpc) is 2.84. The molecule has 0 aliphatic heterocycles.